The molecule has 0 aliphatic carbocycles. The van der Waals surface area contributed by atoms with Crippen LogP contribution in [0.4, 0.5) is 8.78 Å². The minimum atomic E-state index is -0.685. The van der Waals surface area contributed by atoms with Crippen LogP contribution in [0.2, 0.25) is 0 Å². The second kappa shape index (κ2) is 6.53. The van der Waals surface area contributed by atoms with Gasteiger partial charge in [0.2, 0.25) is 0 Å². The van der Waals surface area contributed by atoms with Crippen molar-refractivity contribution < 1.29 is 18.3 Å². The molecule has 5 heteroatoms. The molecule has 1 heterocycles. The van der Waals surface area contributed by atoms with E-state index >= 15 is 0 Å². The van der Waals surface area contributed by atoms with Crippen LogP contribution in [0.25, 0.3) is 0 Å². The lowest BCUT2D eigenvalue weighted by Crippen LogP contribution is -2.08. The van der Waals surface area contributed by atoms with E-state index in [4.69, 9.17) is 21.1 Å². The quantitative estimate of drug-likeness (QED) is 0.756. The molecular weight excluding hydrogens is 274 g/mol. The van der Waals surface area contributed by atoms with Crippen molar-refractivity contribution in [2.75, 3.05) is 13.7 Å². The van der Waals surface area contributed by atoms with E-state index in [0.717, 1.165) is 38.0 Å². The summed E-state index contributed by atoms with van der Waals surface area (Å²) in [5.41, 5.74) is -0.0829. The van der Waals surface area contributed by atoms with Crippen LogP contribution in [0.1, 0.15) is 36.6 Å². The third kappa shape index (κ3) is 3.57. The van der Waals surface area contributed by atoms with E-state index in [1.54, 1.807) is 0 Å². The number of hydrogen-bond acceptors (Lipinski definition) is 2. The molecule has 0 amide bonds. The number of rotatable bonds is 5. The minimum Gasteiger partial charge on any atom is -0.497 e. The smallest absolute Gasteiger partial charge is 0.134 e. The van der Waals surface area contributed by atoms with Gasteiger partial charge in [0.05, 0.1) is 18.6 Å². The molecule has 1 aliphatic heterocycles. The highest BCUT2D eigenvalue weighted by Gasteiger charge is 2.22. The summed E-state index contributed by atoms with van der Waals surface area (Å²) in [6, 6.07) is 2.31. The average Bonchev–Trinajstić information content (AvgIpc) is 2.88. The van der Waals surface area contributed by atoms with E-state index in [1.165, 1.54) is 7.11 Å². The SMILES string of the molecule is COc1cc(F)c(C(Cl)CCC2CCCO2)c(F)c1. The zero-order valence-electron chi connectivity index (χ0n) is 10.8. The maximum absolute atomic E-state index is 13.8. The topological polar surface area (TPSA) is 18.5 Å². The standard InChI is InChI=1S/C14H17ClF2O2/c1-18-10-7-12(16)14(13(17)8-10)11(15)5-4-9-3-2-6-19-9/h7-9,11H,2-6H2,1H3. The average molecular weight is 291 g/mol. The fourth-order valence-corrected chi connectivity index (χ4v) is 2.66. The highest BCUT2D eigenvalue weighted by molar-refractivity contribution is 6.20. The van der Waals surface area contributed by atoms with Crippen molar-refractivity contribution in [2.24, 2.45) is 0 Å². The summed E-state index contributed by atoms with van der Waals surface area (Å²) >= 11 is 6.11. The second-order valence-corrected chi connectivity index (χ2v) is 5.21. The van der Waals surface area contributed by atoms with Gasteiger partial charge in [0.25, 0.3) is 0 Å². The Morgan fingerprint density at radius 1 is 1.42 bits per heavy atom. The number of alkyl halides is 1. The van der Waals surface area contributed by atoms with Gasteiger partial charge in [-0.15, -0.1) is 11.6 Å². The van der Waals surface area contributed by atoms with Crippen molar-refractivity contribution >= 4 is 11.6 Å². The number of halogens is 3. The first-order valence-electron chi connectivity index (χ1n) is 6.40. The molecule has 2 nitrogen and oxygen atoms in total. The van der Waals surface area contributed by atoms with Crippen LogP contribution in [-0.4, -0.2) is 19.8 Å². The van der Waals surface area contributed by atoms with Gasteiger partial charge in [-0.05, 0) is 25.7 Å². The lowest BCUT2D eigenvalue weighted by Gasteiger charge is -2.15. The van der Waals surface area contributed by atoms with Crippen LogP contribution in [-0.2, 0) is 4.74 Å². The molecular formula is C14H17ClF2O2. The molecule has 0 radical (unpaired) electrons. The zero-order valence-corrected chi connectivity index (χ0v) is 11.6. The fourth-order valence-electron chi connectivity index (χ4n) is 2.33. The van der Waals surface area contributed by atoms with Gasteiger partial charge in [0.15, 0.2) is 0 Å². The summed E-state index contributed by atoms with van der Waals surface area (Å²) in [5.74, 6) is -1.17. The Kier molecular flexibility index (Phi) is 4.99. The number of methoxy groups -OCH3 is 1. The lowest BCUT2D eigenvalue weighted by atomic mass is 10.0. The van der Waals surface area contributed by atoms with E-state index in [2.05, 4.69) is 0 Å². The Hall–Kier alpha value is -0.870. The Labute approximate surface area is 116 Å². The predicted molar refractivity (Wildman–Crippen MR) is 69.7 cm³/mol. The van der Waals surface area contributed by atoms with Gasteiger partial charge in [0, 0.05) is 24.3 Å². The molecule has 0 saturated carbocycles. The molecule has 1 saturated heterocycles. The van der Waals surface area contributed by atoms with Crippen molar-refractivity contribution in [1.29, 1.82) is 0 Å². The summed E-state index contributed by atoms with van der Waals surface area (Å²) in [4.78, 5) is 0. The summed E-state index contributed by atoms with van der Waals surface area (Å²) in [6.07, 6.45) is 3.43. The third-order valence-electron chi connectivity index (χ3n) is 3.37. The van der Waals surface area contributed by atoms with Crippen LogP contribution in [0.15, 0.2) is 12.1 Å². The molecule has 1 fully saturated rings. The van der Waals surface area contributed by atoms with Crippen LogP contribution in [0.3, 0.4) is 0 Å². The highest BCUT2D eigenvalue weighted by atomic mass is 35.5. The molecule has 0 N–H and O–H groups in total. The van der Waals surface area contributed by atoms with Gasteiger partial charge < -0.3 is 9.47 Å². The van der Waals surface area contributed by atoms with Crippen molar-refractivity contribution in [3.63, 3.8) is 0 Å². The molecule has 2 atom stereocenters. The Morgan fingerprint density at radius 3 is 2.63 bits per heavy atom. The number of benzene rings is 1. The molecule has 1 aromatic rings. The van der Waals surface area contributed by atoms with E-state index in [1.807, 2.05) is 0 Å². The van der Waals surface area contributed by atoms with Crippen LogP contribution in [0.5, 0.6) is 5.75 Å². The minimum absolute atomic E-state index is 0.0829. The molecule has 1 aliphatic rings. The van der Waals surface area contributed by atoms with Crippen LogP contribution >= 0.6 is 11.6 Å². The normalized spacial score (nSPS) is 20.5. The predicted octanol–water partition coefficient (Wildman–Crippen LogP) is 4.21. The monoisotopic (exact) mass is 290 g/mol. The van der Waals surface area contributed by atoms with Crippen molar-refractivity contribution in [3.8, 4) is 5.75 Å². The maximum Gasteiger partial charge on any atom is 0.134 e. The first kappa shape index (κ1) is 14.5. The van der Waals surface area contributed by atoms with Gasteiger partial charge in [-0.1, -0.05) is 0 Å². The summed E-state index contributed by atoms with van der Waals surface area (Å²) in [7, 11) is 1.36. The van der Waals surface area contributed by atoms with E-state index in [0.29, 0.717) is 6.42 Å². The first-order chi connectivity index (χ1) is 9.11. The fraction of sp³-hybridized carbons (Fsp3) is 0.571. The summed E-state index contributed by atoms with van der Waals surface area (Å²) < 4.78 is 37.9. The Bertz CT molecular complexity index is 410. The molecule has 2 unspecified atom stereocenters. The molecule has 1 aromatic carbocycles. The molecule has 19 heavy (non-hydrogen) atoms. The highest BCUT2D eigenvalue weighted by Crippen LogP contribution is 2.34. The number of ether oxygens (including phenoxy) is 2. The molecule has 0 aromatic heterocycles. The Balaban J connectivity index is 2.03. The molecule has 2 rings (SSSR count). The first-order valence-corrected chi connectivity index (χ1v) is 6.84. The molecule has 0 spiro atoms. The van der Waals surface area contributed by atoms with Gasteiger partial charge in [-0.2, -0.15) is 0 Å². The van der Waals surface area contributed by atoms with E-state index in [-0.39, 0.29) is 17.4 Å². The lowest BCUT2D eigenvalue weighted by molar-refractivity contribution is 0.102. The van der Waals surface area contributed by atoms with E-state index in [9.17, 15) is 8.78 Å². The molecule has 106 valence electrons. The largest absolute Gasteiger partial charge is 0.497 e. The molecule has 0 bridgehead atoms. The summed E-state index contributed by atoms with van der Waals surface area (Å²) in [6.45, 7) is 0.767. The van der Waals surface area contributed by atoms with Crippen molar-refractivity contribution in [3.05, 3.63) is 29.3 Å². The van der Waals surface area contributed by atoms with Gasteiger partial charge in [0.1, 0.15) is 17.4 Å². The van der Waals surface area contributed by atoms with Crippen molar-refractivity contribution in [2.45, 2.75) is 37.2 Å². The third-order valence-corrected chi connectivity index (χ3v) is 3.80. The van der Waals surface area contributed by atoms with Gasteiger partial charge >= 0.3 is 0 Å². The maximum atomic E-state index is 13.8. The Morgan fingerprint density at radius 2 is 2.11 bits per heavy atom. The van der Waals surface area contributed by atoms with Crippen LogP contribution in [0, 0.1) is 11.6 Å². The van der Waals surface area contributed by atoms with Crippen molar-refractivity contribution in [1.82, 2.24) is 0 Å². The van der Waals surface area contributed by atoms with Crippen LogP contribution < -0.4 is 4.74 Å². The second-order valence-electron chi connectivity index (χ2n) is 4.68. The number of hydrogen-bond donors (Lipinski definition) is 0. The van der Waals surface area contributed by atoms with E-state index < -0.39 is 17.0 Å². The van der Waals surface area contributed by atoms with Gasteiger partial charge in [-0.25, -0.2) is 8.78 Å². The summed E-state index contributed by atoms with van der Waals surface area (Å²) in [5, 5.41) is -0.685. The zero-order chi connectivity index (χ0) is 13.8. The van der Waals surface area contributed by atoms with Gasteiger partial charge in [-0.3, -0.25) is 0 Å².